The zero-order chi connectivity index (χ0) is 16.3. The predicted molar refractivity (Wildman–Crippen MR) is 85.2 cm³/mol. The zero-order valence-electron chi connectivity index (χ0n) is 13.2. The lowest BCUT2D eigenvalue weighted by atomic mass is 10.1. The first-order chi connectivity index (χ1) is 10.4. The van der Waals surface area contributed by atoms with Crippen LogP contribution in [-0.4, -0.2) is 39.9 Å². The molecule has 0 amide bonds. The van der Waals surface area contributed by atoms with Crippen molar-refractivity contribution in [1.29, 1.82) is 0 Å². The molecule has 1 fully saturated rings. The number of nitrogen functional groups attached to an aromatic ring is 1. The van der Waals surface area contributed by atoms with Crippen molar-refractivity contribution in [1.82, 2.24) is 14.5 Å². The highest BCUT2D eigenvalue weighted by Crippen LogP contribution is 2.12. The van der Waals surface area contributed by atoms with Crippen molar-refractivity contribution >= 4 is 11.6 Å². The highest BCUT2D eigenvalue weighted by atomic mass is 16.2. The Balaban J connectivity index is 2.31. The lowest BCUT2D eigenvalue weighted by Crippen LogP contribution is -2.40. The normalized spacial score (nSPS) is 16.1. The second-order valence-electron chi connectivity index (χ2n) is 6.28. The number of H-pyrrole nitrogens is 1. The lowest BCUT2D eigenvalue weighted by molar-refractivity contribution is 0.0914. The molecule has 0 atom stereocenters. The average molecular weight is 308 g/mol. The third kappa shape index (κ3) is 3.65. The van der Waals surface area contributed by atoms with Gasteiger partial charge in [-0.15, -0.1) is 0 Å². The molecular weight excluding hydrogens is 284 g/mol. The van der Waals surface area contributed by atoms with E-state index in [1.807, 2.05) is 18.7 Å². The molecule has 0 aliphatic carbocycles. The van der Waals surface area contributed by atoms with Gasteiger partial charge in [-0.3, -0.25) is 24.0 Å². The number of nitrogens with one attached hydrogen (secondary N) is 1. The minimum atomic E-state index is -0.690. The van der Waals surface area contributed by atoms with Crippen LogP contribution in [0.5, 0.6) is 0 Å². The molecule has 0 radical (unpaired) electrons. The van der Waals surface area contributed by atoms with Gasteiger partial charge in [0.05, 0.1) is 6.54 Å². The number of nitrogens with two attached hydrogens (primary N) is 1. The number of aromatic amines is 1. The maximum Gasteiger partial charge on any atom is 0.329 e. The highest BCUT2D eigenvalue weighted by molar-refractivity contribution is 6.01. The van der Waals surface area contributed by atoms with E-state index in [1.165, 1.54) is 11.0 Å². The summed E-state index contributed by atoms with van der Waals surface area (Å²) < 4.78 is 1.27. The first-order valence-electron chi connectivity index (χ1n) is 7.78. The summed E-state index contributed by atoms with van der Waals surface area (Å²) in [5.41, 5.74) is 4.60. The highest BCUT2D eigenvalue weighted by Gasteiger charge is 2.22. The summed E-state index contributed by atoms with van der Waals surface area (Å²) in [7, 11) is 0. The monoisotopic (exact) mass is 308 g/mol. The number of nitrogens with zero attached hydrogens (tertiary/aromatic N) is 2. The first-order valence-corrected chi connectivity index (χ1v) is 7.78. The quantitative estimate of drug-likeness (QED) is 0.769. The van der Waals surface area contributed by atoms with E-state index in [0.717, 1.165) is 25.9 Å². The number of piperidine rings is 1. The molecule has 1 aromatic heterocycles. The Morgan fingerprint density at radius 2 is 1.86 bits per heavy atom. The van der Waals surface area contributed by atoms with Gasteiger partial charge in [0.2, 0.25) is 0 Å². The van der Waals surface area contributed by atoms with Crippen LogP contribution in [0.15, 0.2) is 9.59 Å². The van der Waals surface area contributed by atoms with E-state index in [4.69, 9.17) is 5.73 Å². The molecular formula is C15H24N4O3. The van der Waals surface area contributed by atoms with Crippen LogP contribution in [0.25, 0.3) is 0 Å². The van der Waals surface area contributed by atoms with E-state index in [1.54, 1.807) is 0 Å². The van der Waals surface area contributed by atoms with Gasteiger partial charge in [-0.2, -0.15) is 0 Å². The number of hydrogen-bond donors (Lipinski definition) is 2. The third-order valence-corrected chi connectivity index (χ3v) is 3.88. The Bertz CT molecular complexity index is 654. The molecule has 1 aliphatic heterocycles. The van der Waals surface area contributed by atoms with Gasteiger partial charge < -0.3 is 5.73 Å². The van der Waals surface area contributed by atoms with Crippen LogP contribution >= 0.6 is 0 Å². The number of aromatic nitrogens is 2. The van der Waals surface area contributed by atoms with Crippen molar-refractivity contribution in [2.75, 3.05) is 25.4 Å². The van der Waals surface area contributed by atoms with Gasteiger partial charge in [0, 0.05) is 6.54 Å². The summed E-state index contributed by atoms with van der Waals surface area (Å²) in [4.78, 5) is 40.5. The third-order valence-electron chi connectivity index (χ3n) is 3.88. The molecule has 1 saturated heterocycles. The fourth-order valence-corrected chi connectivity index (χ4v) is 2.80. The van der Waals surface area contributed by atoms with Gasteiger partial charge in [0.15, 0.2) is 5.78 Å². The lowest BCUT2D eigenvalue weighted by Gasteiger charge is -2.25. The van der Waals surface area contributed by atoms with Crippen molar-refractivity contribution in [3.8, 4) is 0 Å². The van der Waals surface area contributed by atoms with Gasteiger partial charge in [-0.1, -0.05) is 20.3 Å². The first kappa shape index (κ1) is 16.5. The van der Waals surface area contributed by atoms with Crippen molar-refractivity contribution in [2.45, 2.75) is 39.7 Å². The van der Waals surface area contributed by atoms with Crippen LogP contribution in [0.1, 0.15) is 43.5 Å². The number of rotatable bonds is 5. The Morgan fingerprint density at radius 3 is 2.45 bits per heavy atom. The molecule has 0 aromatic carbocycles. The molecule has 1 aliphatic rings. The molecule has 3 N–H and O–H groups in total. The van der Waals surface area contributed by atoms with E-state index in [-0.39, 0.29) is 29.6 Å². The zero-order valence-corrected chi connectivity index (χ0v) is 13.2. The molecule has 122 valence electrons. The summed E-state index contributed by atoms with van der Waals surface area (Å²) in [5.74, 6) is -0.168. The van der Waals surface area contributed by atoms with Crippen LogP contribution in [-0.2, 0) is 6.54 Å². The summed E-state index contributed by atoms with van der Waals surface area (Å²) >= 11 is 0. The number of anilines is 1. The molecule has 1 aromatic rings. The maximum absolute atomic E-state index is 12.4. The SMILES string of the molecule is CC(C)Cn1c(N)c(C(=O)CN2CCCCC2)c(=O)[nH]c1=O. The van der Waals surface area contributed by atoms with Crippen LogP contribution < -0.4 is 17.0 Å². The number of hydrogen-bond acceptors (Lipinski definition) is 5. The Labute approximate surface area is 129 Å². The minimum Gasteiger partial charge on any atom is -0.384 e. The van der Waals surface area contributed by atoms with E-state index < -0.39 is 11.2 Å². The number of likely N-dealkylation sites (tertiary alicyclic amines) is 1. The van der Waals surface area contributed by atoms with Gasteiger partial charge in [-0.25, -0.2) is 4.79 Å². The average Bonchev–Trinajstić information content (AvgIpc) is 2.44. The Morgan fingerprint density at radius 1 is 1.23 bits per heavy atom. The molecule has 2 heterocycles. The number of carbonyl (C=O) groups excluding carboxylic acids is 1. The Hall–Kier alpha value is -1.89. The van der Waals surface area contributed by atoms with Crippen LogP contribution in [0, 0.1) is 5.92 Å². The predicted octanol–water partition coefficient (Wildman–Crippen LogP) is 0.443. The molecule has 2 rings (SSSR count). The second-order valence-corrected chi connectivity index (χ2v) is 6.28. The molecule has 7 nitrogen and oxygen atoms in total. The molecule has 0 saturated carbocycles. The summed E-state index contributed by atoms with van der Waals surface area (Å²) in [6, 6.07) is 0. The topological polar surface area (TPSA) is 101 Å². The summed E-state index contributed by atoms with van der Waals surface area (Å²) in [6.45, 7) is 6.13. The van der Waals surface area contributed by atoms with Crippen molar-refractivity contribution in [3.05, 3.63) is 26.4 Å². The fourth-order valence-electron chi connectivity index (χ4n) is 2.80. The van der Waals surface area contributed by atoms with E-state index >= 15 is 0 Å². The van der Waals surface area contributed by atoms with Crippen LogP contribution in [0.2, 0.25) is 0 Å². The standard InChI is InChI=1S/C15H24N4O3/c1-10(2)8-19-13(16)12(14(21)17-15(19)22)11(20)9-18-6-4-3-5-7-18/h10H,3-9,16H2,1-2H3,(H,17,21,22). The van der Waals surface area contributed by atoms with Gasteiger partial charge in [-0.05, 0) is 31.8 Å². The number of Topliss-reactive ketones (excluding diaryl/α,β-unsaturated/α-hetero) is 1. The van der Waals surface area contributed by atoms with Gasteiger partial charge in [0.1, 0.15) is 11.4 Å². The van der Waals surface area contributed by atoms with Gasteiger partial charge >= 0.3 is 5.69 Å². The molecule has 0 bridgehead atoms. The van der Waals surface area contributed by atoms with E-state index in [9.17, 15) is 14.4 Å². The summed E-state index contributed by atoms with van der Waals surface area (Å²) in [5, 5.41) is 0. The van der Waals surface area contributed by atoms with E-state index in [0.29, 0.717) is 6.54 Å². The van der Waals surface area contributed by atoms with Crippen LogP contribution in [0.3, 0.4) is 0 Å². The van der Waals surface area contributed by atoms with Crippen molar-refractivity contribution in [2.24, 2.45) is 5.92 Å². The molecule has 0 spiro atoms. The molecule has 22 heavy (non-hydrogen) atoms. The maximum atomic E-state index is 12.4. The molecule has 7 heteroatoms. The Kier molecular flexibility index (Phi) is 5.18. The van der Waals surface area contributed by atoms with E-state index in [2.05, 4.69) is 4.98 Å². The van der Waals surface area contributed by atoms with Crippen molar-refractivity contribution < 1.29 is 4.79 Å². The van der Waals surface area contributed by atoms with Gasteiger partial charge in [0.25, 0.3) is 5.56 Å². The smallest absolute Gasteiger partial charge is 0.329 e. The number of carbonyl (C=O) groups is 1. The number of ketones is 1. The largest absolute Gasteiger partial charge is 0.384 e. The van der Waals surface area contributed by atoms with Crippen LogP contribution in [0.4, 0.5) is 5.82 Å². The molecule has 0 unspecified atom stereocenters. The second kappa shape index (κ2) is 6.91. The minimum absolute atomic E-state index is 0.0236. The van der Waals surface area contributed by atoms with Crippen molar-refractivity contribution in [3.63, 3.8) is 0 Å². The fraction of sp³-hybridized carbons (Fsp3) is 0.667. The summed E-state index contributed by atoms with van der Waals surface area (Å²) in [6.07, 6.45) is 3.30.